The van der Waals surface area contributed by atoms with Crippen LogP contribution in [0.2, 0.25) is 0 Å². The summed E-state index contributed by atoms with van der Waals surface area (Å²) in [6, 6.07) is 29.0. The second kappa shape index (κ2) is 12.2. The molecule has 4 nitrogen and oxygen atoms in total. The second-order valence-electron chi connectivity index (χ2n) is 8.40. The Kier molecular flexibility index (Phi) is 8.81. The molecule has 0 atom stereocenters. The Balaban J connectivity index is 0.000000148. The molecule has 4 heteroatoms. The van der Waals surface area contributed by atoms with Gasteiger partial charge in [-0.15, -0.1) is 0 Å². The summed E-state index contributed by atoms with van der Waals surface area (Å²) >= 11 is 0. The fraction of sp³-hybridized carbons (Fsp3) is 0.161. The molecule has 0 bridgehead atoms. The summed E-state index contributed by atoms with van der Waals surface area (Å²) in [5, 5.41) is 16.2. The van der Waals surface area contributed by atoms with E-state index in [4.69, 9.17) is 10.8 Å². The molecule has 1 aliphatic rings. The largest absolute Gasteiger partial charge is 0.241 e. The lowest BCUT2D eigenvalue weighted by atomic mass is 9.93. The van der Waals surface area contributed by atoms with Crippen molar-refractivity contribution in [2.75, 3.05) is 0 Å². The lowest BCUT2D eigenvalue weighted by molar-refractivity contribution is 1.29. The Bertz CT molecular complexity index is 1360. The lowest BCUT2D eigenvalue weighted by Crippen LogP contribution is -1.91. The predicted molar refractivity (Wildman–Crippen MR) is 148 cm³/mol. The van der Waals surface area contributed by atoms with Crippen molar-refractivity contribution >= 4 is 40.2 Å². The van der Waals surface area contributed by atoms with Gasteiger partial charge in [0.05, 0.1) is 23.4 Å². The number of aryl methyl sites for hydroxylation is 4. The minimum Gasteiger partial charge on any atom is -0.241 e. The van der Waals surface area contributed by atoms with Gasteiger partial charge in [-0.3, -0.25) is 0 Å². The zero-order valence-corrected chi connectivity index (χ0v) is 20.7. The fourth-order valence-corrected chi connectivity index (χ4v) is 4.15. The smallest absolute Gasteiger partial charge is 0.0918 e. The normalized spacial score (nSPS) is 10.6. The summed E-state index contributed by atoms with van der Waals surface area (Å²) in [5.74, 6) is 0. The number of aliphatic imine (C=N–C) groups is 2. The van der Waals surface area contributed by atoms with E-state index in [1.54, 1.807) is 0 Å². The van der Waals surface area contributed by atoms with Crippen LogP contribution in [0, 0.1) is 38.5 Å². The first-order chi connectivity index (χ1) is 17.0. The topological polar surface area (TPSA) is 72.4 Å². The van der Waals surface area contributed by atoms with Crippen LogP contribution in [0.15, 0.2) is 88.9 Å². The van der Waals surface area contributed by atoms with Gasteiger partial charge in [-0.2, -0.15) is 9.98 Å². The molecular formula is C31H30N4. The monoisotopic (exact) mass is 458 g/mol. The molecule has 0 unspecified atom stereocenters. The Labute approximate surface area is 207 Å². The van der Waals surface area contributed by atoms with E-state index in [1.165, 1.54) is 21.9 Å². The SMILES string of the molecule is C1=Cc2cccc3cccc(c23)C1.Cc1cccc(C)c1N=C=N.Cc1cccc(C)c1N=C=N. The molecule has 4 aromatic carbocycles. The van der Waals surface area contributed by atoms with Gasteiger partial charge in [-0.25, -0.2) is 10.8 Å². The van der Waals surface area contributed by atoms with E-state index in [9.17, 15) is 0 Å². The number of nitrogens with one attached hydrogen (secondary N) is 2. The maximum Gasteiger partial charge on any atom is 0.0918 e. The van der Waals surface area contributed by atoms with E-state index in [-0.39, 0.29) is 0 Å². The highest BCUT2D eigenvalue weighted by molar-refractivity contribution is 5.94. The molecular weight excluding hydrogens is 428 g/mol. The summed E-state index contributed by atoms with van der Waals surface area (Å²) in [7, 11) is 0. The van der Waals surface area contributed by atoms with Crippen LogP contribution in [0.4, 0.5) is 11.4 Å². The van der Waals surface area contributed by atoms with Crippen LogP contribution in [0.1, 0.15) is 33.4 Å². The van der Waals surface area contributed by atoms with E-state index in [2.05, 4.69) is 58.5 Å². The number of rotatable bonds is 2. The minimum absolute atomic E-state index is 0.863. The zero-order chi connectivity index (χ0) is 25.2. The van der Waals surface area contributed by atoms with Crippen molar-refractivity contribution in [2.24, 2.45) is 9.98 Å². The molecule has 5 rings (SSSR count). The molecule has 0 radical (unpaired) electrons. The van der Waals surface area contributed by atoms with Crippen LogP contribution < -0.4 is 0 Å². The van der Waals surface area contributed by atoms with Gasteiger partial charge < -0.3 is 0 Å². The quantitative estimate of drug-likeness (QED) is 0.282. The third-order valence-electron chi connectivity index (χ3n) is 5.87. The second-order valence-corrected chi connectivity index (χ2v) is 8.40. The van der Waals surface area contributed by atoms with Gasteiger partial charge in [0.25, 0.3) is 0 Å². The Hall–Kier alpha value is -4.36. The Morgan fingerprint density at radius 1 is 0.629 bits per heavy atom. The molecule has 0 spiro atoms. The molecule has 0 heterocycles. The summed E-state index contributed by atoms with van der Waals surface area (Å²) in [5.41, 5.74) is 8.89. The van der Waals surface area contributed by atoms with E-state index in [0.29, 0.717) is 0 Å². The van der Waals surface area contributed by atoms with Crippen molar-refractivity contribution in [3.8, 4) is 0 Å². The van der Waals surface area contributed by atoms with Crippen molar-refractivity contribution in [3.63, 3.8) is 0 Å². The number of allylic oxidation sites excluding steroid dienone is 1. The van der Waals surface area contributed by atoms with Crippen LogP contribution in [0.3, 0.4) is 0 Å². The maximum absolute atomic E-state index is 6.72. The Morgan fingerprint density at radius 2 is 1.09 bits per heavy atom. The van der Waals surface area contributed by atoms with Crippen molar-refractivity contribution < 1.29 is 0 Å². The Morgan fingerprint density at radius 3 is 1.57 bits per heavy atom. The van der Waals surface area contributed by atoms with Crippen LogP contribution in [0.5, 0.6) is 0 Å². The van der Waals surface area contributed by atoms with Gasteiger partial charge in [0.1, 0.15) is 0 Å². The number of hydrogen-bond acceptors (Lipinski definition) is 4. The highest BCUT2D eigenvalue weighted by atomic mass is 14.7. The van der Waals surface area contributed by atoms with E-state index in [1.807, 2.05) is 76.1 Å². The molecule has 0 saturated heterocycles. The number of nitrogens with zero attached hydrogens (tertiary/aromatic N) is 2. The number of hydrogen-bond donors (Lipinski definition) is 2. The van der Waals surface area contributed by atoms with Gasteiger partial charge >= 0.3 is 0 Å². The van der Waals surface area contributed by atoms with E-state index < -0.39 is 0 Å². The van der Waals surface area contributed by atoms with Crippen molar-refractivity contribution in [2.45, 2.75) is 34.1 Å². The minimum atomic E-state index is 0.863. The standard InChI is InChI=1S/C13H10.2C9H10N2/c1-4-10-6-2-8-12-9-3-7-11(5-1)13(10)12;2*1-7-4-3-5-8(2)9(7)11-6-10/h1-8H,9H2;2*3-5,10H,1-2H3. The average molecular weight is 459 g/mol. The van der Waals surface area contributed by atoms with Gasteiger partial charge in [-0.1, -0.05) is 84.9 Å². The summed E-state index contributed by atoms with van der Waals surface area (Å²) in [6.07, 6.45) is 5.53. The molecule has 174 valence electrons. The fourth-order valence-electron chi connectivity index (χ4n) is 4.15. The third-order valence-corrected chi connectivity index (χ3v) is 5.87. The van der Waals surface area contributed by atoms with Crippen LogP contribution in [-0.4, -0.2) is 12.0 Å². The lowest BCUT2D eigenvalue weighted by Gasteiger charge is -2.11. The first-order valence-corrected chi connectivity index (χ1v) is 11.5. The highest BCUT2D eigenvalue weighted by Crippen LogP contribution is 2.28. The molecule has 0 aromatic heterocycles. The molecule has 2 N–H and O–H groups in total. The maximum atomic E-state index is 6.72. The van der Waals surface area contributed by atoms with Gasteiger partial charge in [0, 0.05) is 0 Å². The number of para-hydroxylation sites is 2. The molecule has 35 heavy (non-hydrogen) atoms. The van der Waals surface area contributed by atoms with Gasteiger partial charge in [0.2, 0.25) is 0 Å². The van der Waals surface area contributed by atoms with Crippen molar-refractivity contribution in [1.82, 2.24) is 0 Å². The van der Waals surface area contributed by atoms with Crippen molar-refractivity contribution in [3.05, 3.63) is 112 Å². The predicted octanol–water partition coefficient (Wildman–Crippen LogP) is 8.78. The van der Waals surface area contributed by atoms with E-state index in [0.717, 1.165) is 40.0 Å². The summed E-state index contributed by atoms with van der Waals surface area (Å²) in [4.78, 5) is 7.64. The average Bonchev–Trinajstić information content (AvgIpc) is 2.86. The van der Waals surface area contributed by atoms with Crippen LogP contribution >= 0.6 is 0 Å². The molecule has 4 aromatic rings. The summed E-state index contributed by atoms with van der Waals surface area (Å²) < 4.78 is 0. The van der Waals surface area contributed by atoms with Gasteiger partial charge in [-0.05, 0) is 78.3 Å². The van der Waals surface area contributed by atoms with Crippen LogP contribution in [0.25, 0.3) is 16.8 Å². The molecule has 0 fully saturated rings. The first kappa shape index (κ1) is 25.3. The van der Waals surface area contributed by atoms with Gasteiger partial charge in [0.15, 0.2) is 0 Å². The third kappa shape index (κ3) is 6.37. The molecule has 0 amide bonds. The summed E-state index contributed by atoms with van der Waals surface area (Å²) in [6.45, 7) is 7.90. The van der Waals surface area contributed by atoms with Crippen LogP contribution in [-0.2, 0) is 6.42 Å². The zero-order valence-electron chi connectivity index (χ0n) is 20.7. The molecule has 1 aliphatic carbocycles. The highest BCUT2D eigenvalue weighted by Gasteiger charge is 2.06. The molecule has 0 saturated carbocycles. The molecule has 0 aliphatic heterocycles. The van der Waals surface area contributed by atoms with E-state index >= 15 is 0 Å². The van der Waals surface area contributed by atoms with Crippen molar-refractivity contribution in [1.29, 1.82) is 10.8 Å². The number of benzene rings is 4. The first-order valence-electron chi connectivity index (χ1n) is 11.5.